The number of rotatable bonds is 6. The van der Waals surface area contributed by atoms with Crippen molar-refractivity contribution >= 4 is 11.8 Å². The van der Waals surface area contributed by atoms with Gasteiger partial charge in [-0.3, -0.25) is 19.7 Å². The van der Waals surface area contributed by atoms with Gasteiger partial charge in [0.1, 0.15) is 0 Å². The summed E-state index contributed by atoms with van der Waals surface area (Å²) >= 11 is 0. The van der Waals surface area contributed by atoms with E-state index in [2.05, 4.69) is 33.5 Å². The van der Waals surface area contributed by atoms with E-state index in [1.54, 1.807) is 6.07 Å². The number of nitrogens with zero attached hydrogens (tertiary/aromatic N) is 4. The Balaban J connectivity index is 1.57. The summed E-state index contributed by atoms with van der Waals surface area (Å²) in [5, 5.41) is 11.3. The van der Waals surface area contributed by atoms with Crippen molar-refractivity contribution in [3.63, 3.8) is 0 Å². The van der Waals surface area contributed by atoms with Gasteiger partial charge in [-0.1, -0.05) is 19.0 Å². The molecule has 1 aliphatic rings. The minimum absolute atomic E-state index is 0.0632. The molecule has 1 amide bonds. The molecule has 1 atom stereocenters. The molecule has 2 aromatic rings. The topological polar surface area (TPSA) is 76.2 Å². The van der Waals surface area contributed by atoms with Crippen molar-refractivity contribution in [1.82, 2.24) is 19.8 Å². The van der Waals surface area contributed by atoms with Crippen LogP contribution in [0, 0.1) is 13.8 Å². The molecule has 7 heteroatoms. The van der Waals surface area contributed by atoms with E-state index in [0.29, 0.717) is 18.5 Å². The van der Waals surface area contributed by atoms with Crippen LogP contribution in [-0.4, -0.2) is 44.9 Å². The lowest BCUT2D eigenvalue weighted by atomic mass is 10.1. The maximum absolute atomic E-state index is 12.4. The second-order valence-corrected chi connectivity index (χ2v) is 7.19. The van der Waals surface area contributed by atoms with Crippen molar-refractivity contribution < 1.29 is 9.32 Å². The van der Waals surface area contributed by atoms with Gasteiger partial charge in [0, 0.05) is 17.8 Å². The average molecular weight is 345 g/mol. The van der Waals surface area contributed by atoms with Crippen molar-refractivity contribution in [2.75, 3.05) is 18.4 Å². The molecule has 1 saturated heterocycles. The number of anilines is 1. The van der Waals surface area contributed by atoms with Gasteiger partial charge in [0.25, 0.3) is 0 Å². The first-order valence-electron chi connectivity index (χ1n) is 8.94. The number of aromatic nitrogens is 3. The highest BCUT2D eigenvalue weighted by Gasteiger charge is 2.27. The molecule has 7 nitrogen and oxygen atoms in total. The number of nitrogens with one attached hydrogen (secondary N) is 1. The van der Waals surface area contributed by atoms with Gasteiger partial charge in [-0.05, 0) is 45.2 Å². The van der Waals surface area contributed by atoms with Crippen LogP contribution in [0.25, 0.3) is 0 Å². The van der Waals surface area contributed by atoms with Crippen LogP contribution in [0.4, 0.5) is 5.88 Å². The normalized spacial score (nSPS) is 18.2. The summed E-state index contributed by atoms with van der Waals surface area (Å²) in [6.07, 6.45) is 2.20. The van der Waals surface area contributed by atoms with E-state index < -0.39 is 0 Å². The molecule has 0 spiro atoms. The number of likely N-dealkylation sites (tertiary alicyclic amines) is 1. The summed E-state index contributed by atoms with van der Waals surface area (Å²) in [5.74, 6) is 0.632. The van der Waals surface area contributed by atoms with Gasteiger partial charge in [0.15, 0.2) is 0 Å². The van der Waals surface area contributed by atoms with Crippen LogP contribution >= 0.6 is 0 Å². The second kappa shape index (κ2) is 7.39. The lowest BCUT2D eigenvalue weighted by Gasteiger charge is -2.24. The van der Waals surface area contributed by atoms with Gasteiger partial charge < -0.3 is 4.52 Å². The number of hydrogen-bond donors (Lipinski definition) is 1. The zero-order valence-electron chi connectivity index (χ0n) is 15.5. The Morgan fingerprint density at radius 2 is 2.20 bits per heavy atom. The van der Waals surface area contributed by atoms with Crippen LogP contribution in [-0.2, 0) is 11.3 Å². The third-order valence-corrected chi connectivity index (χ3v) is 4.72. The van der Waals surface area contributed by atoms with Crippen molar-refractivity contribution in [3.8, 4) is 0 Å². The molecule has 0 unspecified atom stereocenters. The lowest BCUT2D eigenvalue weighted by Crippen LogP contribution is -2.39. The van der Waals surface area contributed by atoms with Crippen LogP contribution in [0.2, 0.25) is 0 Å². The number of hydrogen-bond acceptors (Lipinski definition) is 5. The zero-order valence-corrected chi connectivity index (χ0v) is 15.5. The fraction of sp³-hybridized carbons (Fsp3) is 0.611. The van der Waals surface area contributed by atoms with E-state index in [9.17, 15) is 4.79 Å². The van der Waals surface area contributed by atoms with Gasteiger partial charge in [-0.2, -0.15) is 5.10 Å². The van der Waals surface area contributed by atoms with Gasteiger partial charge >= 0.3 is 0 Å². The molecular formula is C18H27N5O2. The van der Waals surface area contributed by atoms with Crippen LogP contribution in [0.3, 0.4) is 0 Å². The summed E-state index contributed by atoms with van der Waals surface area (Å²) in [7, 11) is 0. The van der Waals surface area contributed by atoms with E-state index in [4.69, 9.17) is 4.52 Å². The van der Waals surface area contributed by atoms with Crippen LogP contribution in [0.1, 0.15) is 49.7 Å². The van der Waals surface area contributed by atoms with Gasteiger partial charge in [0.2, 0.25) is 11.8 Å². The molecule has 0 radical (unpaired) electrons. The Bertz CT molecular complexity index is 734. The summed E-state index contributed by atoms with van der Waals surface area (Å²) < 4.78 is 7.23. The van der Waals surface area contributed by atoms with Gasteiger partial charge in [-0.25, -0.2) is 0 Å². The number of carbonyl (C=O) groups excluding carboxylic acids is 1. The summed E-state index contributed by atoms with van der Waals surface area (Å²) in [4.78, 5) is 14.6. The zero-order chi connectivity index (χ0) is 18.0. The predicted octanol–water partition coefficient (Wildman–Crippen LogP) is 2.71. The first-order chi connectivity index (χ1) is 11.9. The molecule has 25 heavy (non-hydrogen) atoms. The van der Waals surface area contributed by atoms with Crippen LogP contribution in [0.15, 0.2) is 16.7 Å². The third kappa shape index (κ3) is 4.28. The Morgan fingerprint density at radius 1 is 1.40 bits per heavy atom. The molecule has 3 rings (SSSR count). The molecule has 1 aliphatic heterocycles. The highest BCUT2D eigenvalue weighted by atomic mass is 16.5. The molecule has 0 saturated carbocycles. The van der Waals surface area contributed by atoms with Crippen molar-refractivity contribution in [2.45, 2.75) is 59.0 Å². The Morgan fingerprint density at radius 3 is 2.84 bits per heavy atom. The Kier molecular flexibility index (Phi) is 5.22. The summed E-state index contributed by atoms with van der Waals surface area (Å²) in [6, 6.07) is 4.21. The number of aryl methyl sites for hydroxylation is 2. The highest BCUT2D eigenvalue weighted by molar-refractivity contribution is 5.91. The minimum atomic E-state index is -0.0632. The maximum Gasteiger partial charge on any atom is 0.240 e. The molecule has 1 fully saturated rings. The molecule has 136 valence electrons. The molecule has 0 aromatic carbocycles. The van der Waals surface area contributed by atoms with E-state index in [-0.39, 0.29) is 11.8 Å². The SMILES string of the molecule is Cc1cc(C)n(C[C@H]2CCCN2CC(=O)Nc2cc(C(C)C)no2)n1. The molecule has 0 bridgehead atoms. The standard InChI is InChI=1S/C18H27N5O2/c1-12(2)16-9-18(25-21-16)19-17(24)11-22-7-5-6-15(22)10-23-14(4)8-13(3)20-23/h8-9,12,15H,5-7,10-11H2,1-4H3,(H,19,24)/t15-/m1/s1. The van der Waals surface area contributed by atoms with Gasteiger partial charge in [0.05, 0.1) is 24.5 Å². The van der Waals surface area contributed by atoms with Crippen molar-refractivity contribution in [1.29, 1.82) is 0 Å². The van der Waals surface area contributed by atoms with E-state index in [1.807, 2.05) is 25.5 Å². The first-order valence-corrected chi connectivity index (χ1v) is 8.94. The first kappa shape index (κ1) is 17.7. The Labute approximate surface area is 148 Å². The fourth-order valence-corrected chi connectivity index (χ4v) is 3.35. The molecular weight excluding hydrogens is 318 g/mol. The molecule has 3 heterocycles. The molecule has 0 aliphatic carbocycles. The highest BCUT2D eigenvalue weighted by Crippen LogP contribution is 2.20. The largest absolute Gasteiger partial charge is 0.338 e. The average Bonchev–Trinajstić information content (AvgIpc) is 3.22. The predicted molar refractivity (Wildman–Crippen MR) is 95.5 cm³/mol. The van der Waals surface area contributed by atoms with Gasteiger partial charge in [-0.15, -0.1) is 0 Å². The molecule has 2 aromatic heterocycles. The monoisotopic (exact) mass is 345 g/mol. The van der Waals surface area contributed by atoms with Crippen molar-refractivity contribution in [2.24, 2.45) is 0 Å². The third-order valence-electron chi connectivity index (χ3n) is 4.72. The van der Waals surface area contributed by atoms with E-state index in [0.717, 1.165) is 43.0 Å². The Hall–Kier alpha value is -2.15. The summed E-state index contributed by atoms with van der Waals surface area (Å²) in [6.45, 7) is 10.3. The fourth-order valence-electron chi connectivity index (χ4n) is 3.35. The number of carbonyl (C=O) groups is 1. The van der Waals surface area contributed by atoms with Crippen LogP contribution < -0.4 is 5.32 Å². The quantitative estimate of drug-likeness (QED) is 0.871. The number of amides is 1. The molecule has 1 N–H and O–H groups in total. The van der Waals surface area contributed by atoms with Crippen molar-refractivity contribution in [3.05, 3.63) is 29.2 Å². The smallest absolute Gasteiger partial charge is 0.240 e. The summed E-state index contributed by atoms with van der Waals surface area (Å²) in [5.41, 5.74) is 3.04. The second-order valence-electron chi connectivity index (χ2n) is 7.19. The van der Waals surface area contributed by atoms with E-state index in [1.165, 1.54) is 0 Å². The lowest BCUT2D eigenvalue weighted by molar-refractivity contribution is -0.117. The minimum Gasteiger partial charge on any atom is -0.338 e. The van der Waals surface area contributed by atoms with Crippen LogP contribution in [0.5, 0.6) is 0 Å². The maximum atomic E-state index is 12.4. The van der Waals surface area contributed by atoms with E-state index >= 15 is 0 Å².